The van der Waals surface area contributed by atoms with E-state index in [9.17, 15) is 0 Å². The summed E-state index contributed by atoms with van der Waals surface area (Å²) in [4.78, 5) is 16.4. The molecule has 1 aliphatic heterocycles. The topological polar surface area (TPSA) is 35.5 Å². The van der Waals surface area contributed by atoms with Gasteiger partial charge in [0, 0.05) is 64.8 Å². The maximum Gasteiger partial charge on any atom is 0.0543 e. The lowest BCUT2D eigenvalue weighted by Crippen LogP contribution is -2.35. The molecule has 0 aliphatic carbocycles. The second-order valence-electron chi connectivity index (χ2n) is 6.50. The normalized spacial score (nSPS) is 18.7. The largest absolute Gasteiger partial charge is 0.304 e. The van der Waals surface area contributed by atoms with Gasteiger partial charge in [0.05, 0.1) is 11.4 Å². The van der Waals surface area contributed by atoms with Crippen LogP contribution in [0.2, 0.25) is 0 Å². The van der Waals surface area contributed by atoms with Gasteiger partial charge in [0.1, 0.15) is 0 Å². The van der Waals surface area contributed by atoms with Crippen LogP contribution in [0.4, 0.5) is 0 Å². The van der Waals surface area contributed by atoms with Gasteiger partial charge in [0.15, 0.2) is 0 Å². The molecular weight excluding hydrogens is 298 g/mol. The number of hydrogen-bond acceptors (Lipinski definition) is 5. The van der Waals surface area contributed by atoms with Crippen molar-refractivity contribution in [2.45, 2.75) is 13.1 Å². The Morgan fingerprint density at radius 3 is 1.58 bits per heavy atom. The molecule has 0 bridgehead atoms. The summed E-state index contributed by atoms with van der Waals surface area (Å²) in [5.41, 5.74) is 2.30. The average Bonchev–Trinajstić information content (AvgIpc) is 2.70. The summed E-state index contributed by atoms with van der Waals surface area (Å²) in [6, 6.07) is 12.3. The van der Waals surface area contributed by atoms with Gasteiger partial charge in [-0.2, -0.15) is 0 Å². The second kappa shape index (κ2) is 8.87. The number of aromatic nitrogens is 2. The molecule has 3 rings (SSSR count). The molecule has 0 radical (unpaired) electrons. The summed E-state index contributed by atoms with van der Waals surface area (Å²) in [5.74, 6) is 0. The molecule has 2 aromatic rings. The first-order valence-electron chi connectivity index (χ1n) is 8.73. The van der Waals surface area contributed by atoms with Crippen molar-refractivity contribution in [1.29, 1.82) is 0 Å². The fourth-order valence-corrected chi connectivity index (χ4v) is 3.00. The lowest BCUT2D eigenvalue weighted by Gasteiger charge is -2.25. The van der Waals surface area contributed by atoms with Crippen molar-refractivity contribution in [2.75, 3.05) is 46.3 Å². The highest BCUT2D eigenvalue weighted by atomic mass is 15.3. The lowest BCUT2D eigenvalue weighted by molar-refractivity contribution is 0.207. The molecule has 1 aliphatic rings. The molecule has 0 saturated carbocycles. The van der Waals surface area contributed by atoms with Gasteiger partial charge in [-0.05, 0) is 31.3 Å². The minimum atomic E-state index is 0.923. The molecule has 0 N–H and O–H groups in total. The van der Waals surface area contributed by atoms with Crippen molar-refractivity contribution in [3.05, 3.63) is 60.2 Å². The van der Waals surface area contributed by atoms with E-state index in [1.54, 1.807) is 0 Å². The first kappa shape index (κ1) is 17.0. The molecule has 5 heteroatoms. The summed E-state index contributed by atoms with van der Waals surface area (Å²) < 4.78 is 0. The Balaban J connectivity index is 1.61. The Kier molecular flexibility index (Phi) is 6.29. The zero-order valence-electron chi connectivity index (χ0n) is 14.5. The fraction of sp³-hybridized carbons (Fsp3) is 0.474. The van der Waals surface area contributed by atoms with E-state index in [-0.39, 0.29) is 0 Å². The summed E-state index contributed by atoms with van der Waals surface area (Å²) in [7, 11) is 2.21. The molecule has 2 aromatic heterocycles. The number of hydrogen-bond donors (Lipinski definition) is 0. The van der Waals surface area contributed by atoms with E-state index < -0.39 is 0 Å². The fourth-order valence-electron chi connectivity index (χ4n) is 3.00. The van der Waals surface area contributed by atoms with E-state index in [1.807, 2.05) is 24.5 Å². The Bertz CT molecular complexity index is 536. The van der Waals surface area contributed by atoms with Crippen LogP contribution in [0, 0.1) is 0 Å². The van der Waals surface area contributed by atoms with Crippen LogP contribution in [0.25, 0.3) is 0 Å². The zero-order valence-corrected chi connectivity index (χ0v) is 14.5. The zero-order chi connectivity index (χ0) is 16.6. The summed E-state index contributed by atoms with van der Waals surface area (Å²) in [5, 5.41) is 0. The summed E-state index contributed by atoms with van der Waals surface area (Å²) in [6.45, 7) is 8.36. The molecule has 0 amide bonds. The molecule has 0 aromatic carbocycles. The molecular formula is C19H27N5. The highest BCUT2D eigenvalue weighted by Gasteiger charge is 2.15. The van der Waals surface area contributed by atoms with E-state index in [0.717, 1.165) is 63.7 Å². The van der Waals surface area contributed by atoms with E-state index in [0.29, 0.717) is 0 Å². The molecule has 0 spiro atoms. The number of rotatable bonds is 4. The quantitative estimate of drug-likeness (QED) is 0.855. The van der Waals surface area contributed by atoms with Crippen molar-refractivity contribution >= 4 is 0 Å². The maximum atomic E-state index is 4.48. The van der Waals surface area contributed by atoms with Crippen LogP contribution in [0.3, 0.4) is 0 Å². The maximum absolute atomic E-state index is 4.48. The van der Waals surface area contributed by atoms with Gasteiger partial charge in [-0.1, -0.05) is 12.1 Å². The first-order chi connectivity index (χ1) is 11.8. The Labute approximate surface area is 144 Å². The summed E-state index contributed by atoms with van der Waals surface area (Å²) >= 11 is 0. The van der Waals surface area contributed by atoms with Crippen molar-refractivity contribution in [2.24, 2.45) is 0 Å². The third-order valence-electron chi connectivity index (χ3n) is 4.55. The third kappa shape index (κ3) is 5.37. The van der Waals surface area contributed by atoms with Crippen LogP contribution in [-0.4, -0.2) is 71.0 Å². The molecule has 1 fully saturated rings. The number of pyridine rings is 2. The smallest absolute Gasteiger partial charge is 0.0543 e. The SMILES string of the molecule is CN1CCN(Cc2ccccn2)CCN(Cc2ccccn2)CC1. The molecule has 24 heavy (non-hydrogen) atoms. The van der Waals surface area contributed by atoms with Crippen molar-refractivity contribution in [3.8, 4) is 0 Å². The van der Waals surface area contributed by atoms with Crippen LogP contribution in [-0.2, 0) is 13.1 Å². The molecule has 3 heterocycles. The van der Waals surface area contributed by atoms with Gasteiger partial charge in [-0.3, -0.25) is 19.8 Å². The van der Waals surface area contributed by atoms with Crippen LogP contribution >= 0.6 is 0 Å². The Hall–Kier alpha value is -1.82. The third-order valence-corrected chi connectivity index (χ3v) is 4.55. The highest BCUT2D eigenvalue weighted by Crippen LogP contribution is 2.07. The first-order valence-corrected chi connectivity index (χ1v) is 8.73. The standard InChI is InChI=1S/C19H27N5/c1-22-10-12-23(16-18-6-2-4-8-20-18)14-15-24(13-11-22)17-19-7-3-5-9-21-19/h2-9H,10-17H2,1H3. The summed E-state index contributed by atoms with van der Waals surface area (Å²) in [6.07, 6.45) is 3.76. The van der Waals surface area contributed by atoms with Crippen LogP contribution in [0.1, 0.15) is 11.4 Å². The molecule has 1 saturated heterocycles. The highest BCUT2D eigenvalue weighted by molar-refractivity contribution is 5.04. The molecule has 0 atom stereocenters. The van der Waals surface area contributed by atoms with E-state index in [4.69, 9.17) is 0 Å². The predicted molar refractivity (Wildman–Crippen MR) is 96.5 cm³/mol. The van der Waals surface area contributed by atoms with E-state index in [2.05, 4.69) is 56.0 Å². The second-order valence-corrected chi connectivity index (χ2v) is 6.50. The number of nitrogens with zero attached hydrogens (tertiary/aromatic N) is 5. The number of likely N-dealkylation sites (N-methyl/N-ethyl adjacent to an activating group) is 1. The minimum Gasteiger partial charge on any atom is -0.304 e. The van der Waals surface area contributed by atoms with Gasteiger partial charge >= 0.3 is 0 Å². The molecule has 5 nitrogen and oxygen atoms in total. The van der Waals surface area contributed by atoms with Crippen molar-refractivity contribution < 1.29 is 0 Å². The van der Waals surface area contributed by atoms with Crippen molar-refractivity contribution in [3.63, 3.8) is 0 Å². The molecule has 0 unspecified atom stereocenters. The minimum absolute atomic E-state index is 0.923. The van der Waals surface area contributed by atoms with Crippen LogP contribution in [0.5, 0.6) is 0 Å². The van der Waals surface area contributed by atoms with Gasteiger partial charge in [0.2, 0.25) is 0 Å². The van der Waals surface area contributed by atoms with Crippen LogP contribution in [0.15, 0.2) is 48.8 Å². The lowest BCUT2D eigenvalue weighted by atomic mass is 10.3. The predicted octanol–water partition coefficient (Wildman–Crippen LogP) is 1.73. The Morgan fingerprint density at radius 1 is 0.708 bits per heavy atom. The van der Waals surface area contributed by atoms with Gasteiger partial charge < -0.3 is 4.90 Å². The van der Waals surface area contributed by atoms with Gasteiger partial charge in [-0.25, -0.2) is 0 Å². The van der Waals surface area contributed by atoms with Crippen molar-refractivity contribution in [1.82, 2.24) is 24.7 Å². The average molecular weight is 325 g/mol. The van der Waals surface area contributed by atoms with Gasteiger partial charge in [0.25, 0.3) is 0 Å². The van der Waals surface area contributed by atoms with Gasteiger partial charge in [-0.15, -0.1) is 0 Å². The van der Waals surface area contributed by atoms with E-state index in [1.165, 1.54) is 0 Å². The monoisotopic (exact) mass is 325 g/mol. The Morgan fingerprint density at radius 2 is 1.17 bits per heavy atom. The molecule has 128 valence electrons. The van der Waals surface area contributed by atoms with E-state index >= 15 is 0 Å². The van der Waals surface area contributed by atoms with Crippen LogP contribution < -0.4 is 0 Å².